The summed E-state index contributed by atoms with van der Waals surface area (Å²) in [4.78, 5) is 18.2. The highest BCUT2D eigenvalue weighted by atomic mass is 79.9. The van der Waals surface area contributed by atoms with Crippen molar-refractivity contribution < 1.29 is 4.79 Å². The van der Waals surface area contributed by atoms with Gasteiger partial charge in [0.25, 0.3) is 0 Å². The van der Waals surface area contributed by atoms with Crippen molar-refractivity contribution in [2.24, 2.45) is 0 Å². The Kier molecular flexibility index (Phi) is 7.60. The van der Waals surface area contributed by atoms with Gasteiger partial charge in [-0.15, -0.1) is 28.1 Å². The van der Waals surface area contributed by atoms with Crippen LogP contribution in [-0.2, 0) is 17.8 Å². The number of hydrogen-bond donors (Lipinski definition) is 1. The van der Waals surface area contributed by atoms with Crippen LogP contribution in [0.5, 0.6) is 0 Å². The molecule has 6 nitrogen and oxygen atoms in total. The molecule has 3 aromatic carbocycles. The van der Waals surface area contributed by atoms with Crippen LogP contribution < -0.4 is 5.32 Å². The fourth-order valence-electron chi connectivity index (χ4n) is 3.87. The van der Waals surface area contributed by atoms with E-state index >= 15 is 0 Å². The molecule has 0 aliphatic rings. The van der Waals surface area contributed by atoms with E-state index in [0.29, 0.717) is 16.8 Å². The lowest BCUT2D eigenvalue weighted by molar-refractivity contribution is -0.113. The van der Waals surface area contributed by atoms with Gasteiger partial charge in [-0.05, 0) is 28.5 Å². The quantitative estimate of drug-likeness (QED) is 0.154. The van der Waals surface area contributed by atoms with E-state index in [4.69, 9.17) is 0 Å². The second kappa shape index (κ2) is 11.2. The van der Waals surface area contributed by atoms with E-state index < -0.39 is 0 Å². The van der Waals surface area contributed by atoms with Crippen molar-refractivity contribution in [3.8, 4) is 11.4 Å². The van der Waals surface area contributed by atoms with Crippen molar-refractivity contribution in [2.45, 2.75) is 18.1 Å². The maximum Gasteiger partial charge on any atom is 0.236 e. The molecule has 0 bridgehead atoms. The SMILES string of the molecule is C=CCn1c(SCC(=O)Nc2ncc(Cc3cccc4ccccc34)s2)nnc1-c1ccc(Br)cc1. The normalized spacial score (nSPS) is 11.0. The minimum Gasteiger partial charge on any atom is -0.301 e. The van der Waals surface area contributed by atoms with E-state index in [0.717, 1.165) is 27.2 Å². The zero-order valence-corrected chi connectivity index (χ0v) is 22.4. The number of carbonyl (C=O) groups excluding carboxylic acids is 1. The molecule has 0 saturated carbocycles. The fourth-order valence-corrected chi connectivity index (χ4v) is 5.73. The molecular formula is C27H22BrN5OS2. The van der Waals surface area contributed by atoms with Gasteiger partial charge in [0.1, 0.15) is 0 Å². The van der Waals surface area contributed by atoms with E-state index in [1.165, 1.54) is 39.4 Å². The number of thioether (sulfide) groups is 1. The van der Waals surface area contributed by atoms with Crippen molar-refractivity contribution in [1.82, 2.24) is 19.7 Å². The minimum absolute atomic E-state index is 0.135. The van der Waals surface area contributed by atoms with Crippen LogP contribution in [0.1, 0.15) is 10.4 Å². The molecular weight excluding hydrogens is 554 g/mol. The molecule has 2 aromatic heterocycles. The molecule has 2 heterocycles. The van der Waals surface area contributed by atoms with Gasteiger partial charge in [-0.1, -0.05) is 88.4 Å². The molecule has 0 atom stereocenters. The van der Waals surface area contributed by atoms with Crippen molar-refractivity contribution in [3.63, 3.8) is 0 Å². The van der Waals surface area contributed by atoms with Gasteiger partial charge in [-0.3, -0.25) is 9.36 Å². The number of aromatic nitrogens is 4. The second-order valence-corrected chi connectivity index (χ2v) is 11.0. The van der Waals surface area contributed by atoms with Crippen molar-refractivity contribution >= 4 is 60.8 Å². The summed E-state index contributed by atoms with van der Waals surface area (Å²) in [7, 11) is 0. The lowest BCUT2D eigenvalue weighted by atomic mass is 10.0. The zero-order chi connectivity index (χ0) is 24.9. The lowest BCUT2D eigenvalue weighted by Gasteiger charge is -2.08. The largest absolute Gasteiger partial charge is 0.301 e. The van der Waals surface area contributed by atoms with E-state index in [1.807, 2.05) is 41.1 Å². The average Bonchev–Trinajstić information content (AvgIpc) is 3.50. The molecule has 180 valence electrons. The summed E-state index contributed by atoms with van der Waals surface area (Å²) in [6, 6.07) is 22.6. The van der Waals surface area contributed by atoms with E-state index in [9.17, 15) is 4.79 Å². The maximum absolute atomic E-state index is 12.7. The van der Waals surface area contributed by atoms with Crippen LogP contribution in [0.25, 0.3) is 22.2 Å². The topological polar surface area (TPSA) is 72.7 Å². The molecule has 36 heavy (non-hydrogen) atoms. The number of fused-ring (bicyclic) bond motifs is 1. The Morgan fingerprint density at radius 3 is 2.72 bits per heavy atom. The second-order valence-electron chi connectivity index (χ2n) is 8.00. The molecule has 9 heteroatoms. The number of hydrogen-bond acceptors (Lipinski definition) is 6. The van der Waals surface area contributed by atoms with E-state index in [1.54, 1.807) is 6.08 Å². The van der Waals surface area contributed by atoms with Gasteiger partial charge in [0, 0.05) is 34.1 Å². The van der Waals surface area contributed by atoms with E-state index in [-0.39, 0.29) is 11.7 Å². The molecule has 0 aliphatic heterocycles. The summed E-state index contributed by atoms with van der Waals surface area (Å²) >= 11 is 6.29. The summed E-state index contributed by atoms with van der Waals surface area (Å²) in [6.07, 6.45) is 4.40. The first kappa shape index (κ1) is 24.4. The molecule has 0 saturated heterocycles. The Bertz CT molecular complexity index is 1520. The number of halogens is 1. The number of benzene rings is 3. The number of carbonyl (C=O) groups is 1. The number of rotatable bonds is 9. The van der Waals surface area contributed by atoms with E-state index in [2.05, 4.69) is 79.4 Å². The number of anilines is 1. The van der Waals surface area contributed by atoms with Crippen LogP contribution >= 0.6 is 39.0 Å². The van der Waals surface area contributed by atoms with Crippen LogP contribution in [0.4, 0.5) is 5.13 Å². The number of nitrogens with zero attached hydrogens (tertiary/aromatic N) is 4. The van der Waals surface area contributed by atoms with Crippen LogP contribution in [-0.4, -0.2) is 31.4 Å². The molecule has 0 spiro atoms. The first-order valence-corrected chi connectivity index (χ1v) is 13.8. The van der Waals surface area contributed by atoms with Gasteiger partial charge in [0.15, 0.2) is 16.1 Å². The Balaban J connectivity index is 1.23. The van der Waals surface area contributed by atoms with Gasteiger partial charge in [0.05, 0.1) is 5.75 Å². The monoisotopic (exact) mass is 575 g/mol. The Labute approximate surface area is 225 Å². The Morgan fingerprint density at radius 2 is 1.89 bits per heavy atom. The Hall–Kier alpha value is -3.27. The third-order valence-corrected chi connectivity index (χ3v) is 7.92. The Morgan fingerprint density at radius 1 is 1.08 bits per heavy atom. The molecule has 0 radical (unpaired) electrons. The molecule has 1 amide bonds. The van der Waals surface area contributed by atoms with Gasteiger partial charge in [0.2, 0.25) is 5.91 Å². The van der Waals surface area contributed by atoms with Gasteiger partial charge in [-0.2, -0.15) is 0 Å². The minimum atomic E-state index is -0.135. The summed E-state index contributed by atoms with van der Waals surface area (Å²) in [5.74, 6) is 0.807. The third kappa shape index (κ3) is 5.59. The smallest absolute Gasteiger partial charge is 0.236 e. The number of amides is 1. The van der Waals surface area contributed by atoms with Gasteiger partial charge < -0.3 is 5.32 Å². The fraction of sp³-hybridized carbons (Fsp3) is 0.111. The van der Waals surface area contributed by atoms with Crippen LogP contribution in [0, 0.1) is 0 Å². The van der Waals surface area contributed by atoms with Crippen LogP contribution in [0.3, 0.4) is 0 Å². The molecule has 0 unspecified atom stereocenters. The lowest BCUT2D eigenvalue weighted by Crippen LogP contribution is -2.14. The number of thiazole rings is 1. The zero-order valence-electron chi connectivity index (χ0n) is 19.2. The highest BCUT2D eigenvalue weighted by Gasteiger charge is 2.16. The number of nitrogens with one attached hydrogen (secondary N) is 1. The van der Waals surface area contributed by atoms with Crippen molar-refractivity contribution in [1.29, 1.82) is 0 Å². The van der Waals surface area contributed by atoms with Gasteiger partial charge >= 0.3 is 0 Å². The molecule has 1 N–H and O–H groups in total. The van der Waals surface area contributed by atoms with Crippen LogP contribution in [0.2, 0.25) is 0 Å². The first-order chi connectivity index (χ1) is 17.6. The predicted octanol–water partition coefficient (Wildman–Crippen LogP) is 6.82. The predicted molar refractivity (Wildman–Crippen MR) is 152 cm³/mol. The summed E-state index contributed by atoms with van der Waals surface area (Å²) < 4.78 is 2.95. The molecule has 5 aromatic rings. The highest BCUT2D eigenvalue weighted by molar-refractivity contribution is 9.10. The highest BCUT2D eigenvalue weighted by Crippen LogP contribution is 2.27. The maximum atomic E-state index is 12.7. The van der Waals surface area contributed by atoms with Crippen molar-refractivity contribution in [3.05, 3.63) is 100 Å². The first-order valence-electron chi connectivity index (χ1n) is 11.2. The standard InChI is InChI=1S/C27H22BrN5OS2/c1-2-14-33-25(19-10-12-21(28)13-11-19)31-32-27(33)35-17-24(34)30-26-29-16-22(36-26)15-20-8-5-7-18-6-3-4-9-23(18)20/h2-13,16H,1,14-15,17H2,(H,29,30,34). The average molecular weight is 577 g/mol. The van der Waals surface area contributed by atoms with Crippen molar-refractivity contribution in [2.75, 3.05) is 11.1 Å². The molecule has 5 rings (SSSR count). The van der Waals surface area contributed by atoms with Gasteiger partial charge in [-0.25, -0.2) is 4.98 Å². The summed E-state index contributed by atoms with van der Waals surface area (Å²) in [5.41, 5.74) is 2.19. The summed E-state index contributed by atoms with van der Waals surface area (Å²) in [6.45, 7) is 4.39. The molecule has 0 aliphatic carbocycles. The third-order valence-electron chi connectivity index (χ3n) is 5.51. The van der Waals surface area contributed by atoms with Crippen LogP contribution in [0.15, 0.2) is 95.2 Å². The number of allylic oxidation sites excluding steroid dienone is 1. The molecule has 0 fully saturated rings. The summed E-state index contributed by atoms with van der Waals surface area (Å²) in [5, 5.41) is 15.3.